The number of nitrogens with zero attached hydrogens (tertiary/aromatic N) is 1. The Morgan fingerprint density at radius 1 is 1.29 bits per heavy atom. The van der Waals surface area contributed by atoms with Gasteiger partial charge in [0.15, 0.2) is 0 Å². The molecule has 0 radical (unpaired) electrons. The van der Waals surface area contributed by atoms with Gasteiger partial charge < -0.3 is 8.98 Å². The van der Waals surface area contributed by atoms with Crippen molar-refractivity contribution >= 4 is 5.78 Å². The van der Waals surface area contributed by atoms with Crippen LogP contribution >= 0.6 is 0 Å². The zero-order chi connectivity index (χ0) is 12.5. The Morgan fingerprint density at radius 2 is 2.06 bits per heavy atom. The summed E-state index contributed by atoms with van der Waals surface area (Å²) < 4.78 is 43.1. The monoisotopic (exact) mass is 243 g/mol. The molecule has 0 fully saturated rings. The lowest BCUT2D eigenvalue weighted by atomic mass is 10.2. The molecule has 0 aliphatic heterocycles. The van der Waals surface area contributed by atoms with E-state index in [0.29, 0.717) is 5.76 Å². The van der Waals surface area contributed by atoms with Gasteiger partial charge in [0.2, 0.25) is 0 Å². The average Bonchev–Trinajstić information content (AvgIpc) is 2.87. The zero-order valence-electron chi connectivity index (χ0n) is 8.57. The topological polar surface area (TPSA) is 35.1 Å². The highest BCUT2D eigenvalue weighted by atomic mass is 19.4. The number of furan rings is 1. The number of halogens is 3. The van der Waals surface area contributed by atoms with E-state index in [4.69, 9.17) is 4.42 Å². The molecule has 0 aliphatic rings. The minimum atomic E-state index is -4.86. The minimum absolute atomic E-state index is 0.0944. The molecule has 0 N–H and O–H groups in total. The lowest BCUT2D eigenvalue weighted by molar-refractivity contribution is -0.0890. The summed E-state index contributed by atoms with van der Waals surface area (Å²) in [6, 6.07) is 5.78. The predicted molar refractivity (Wildman–Crippen MR) is 52.6 cm³/mol. The molecule has 0 bridgehead atoms. The van der Waals surface area contributed by atoms with Crippen LogP contribution in [0.1, 0.15) is 16.2 Å². The van der Waals surface area contributed by atoms with Crippen molar-refractivity contribution in [3.8, 4) is 0 Å². The van der Waals surface area contributed by atoms with Crippen LogP contribution < -0.4 is 0 Å². The highest BCUT2D eigenvalue weighted by molar-refractivity contribution is 5.98. The molecule has 90 valence electrons. The maximum absolute atomic E-state index is 12.3. The van der Waals surface area contributed by atoms with Crippen LogP contribution in [0.2, 0.25) is 0 Å². The molecule has 2 rings (SSSR count). The maximum Gasteiger partial charge on any atom is 0.456 e. The summed E-state index contributed by atoms with van der Waals surface area (Å²) in [6.45, 7) is 0.0944. The van der Waals surface area contributed by atoms with E-state index in [9.17, 15) is 18.0 Å². The molecule has 0 saturated heterocycles. The molecular weight excluding hydrogens is 235 g/mol. The van der Waals surface area contributed by atoms with Crippen molar-refractivity contribution in [2.45, 2.75) is 12.7 Å². The Morgan fingerprint density at radius 3 is 2.65 bits per heavy atom. The van der Waals surface area contributed by atoms with Crippen molar-refractivity contribution < 1.29 is 22.4 Å². The summed E-state index contributed by atoms with van der Waals surface area (Å²) in [7, 11) is 0. The number of rotatable bonds is 3. The number of carbonyl (C=O) groups is 1. The van der Waals surface area contributed by atoms with Gasteiger partial charge in [-0.15, -0.1) is 0 Å². The zero-order valence-corrected chi connectivity index (χ0v) is 8.57. The molecule has 2 heterocycles. The van der Waals surface area contributed by atoms with Crippen LogP contribution in [0.15, 0.2) is 41.1 Å². The maximum atomic E-state index is 12.3. The van der Waals surface area contributed by atoms with Crippen LogP contribution in [-0.4, -0.2) is 16.5 Å². The van der Waals surface area contributed by atoms with Gasteiger partial charge in [0.25, 0.3) is 5.78 Å². The van der Waals surface area contributed by atoms with Crippen LogP contribution in [0, 0.1) is 0 Å². The first-order valence-electron chi connectivity index (χ1n) is 4.77. The smallest absolute Gasteiger partial charge is 0.456 e. The van der Waals surface area contributed by atoms with Gasteiger partial charge in [-0.2, -0.15) is 13.2 Å². The molecule has 0 aromatic carbocycles. The largest absolute Gasteiger partial charge is 0.467 e. The van der Waals surface area contributed by atoms with Gasteiger partial charge in [-0.1, -0.05) is 0 Å². The molecule has 0 spiro atoms. The van der Waals surface area contributed by atoms with E-state index < -0.39 is 17.7 Å². The first-order valence-corrected chi connectivity index (χ1v) is 4.77. The molecule has 0 unspecified atom stereocenters. The van der Waals surface area contributed by atoms with E-state index in [1.807, 2.05) is 0 Å². The van der Waals surface area contributed by atoms with Crippen molar-refractivity contribution in [2.75, 3.05) is 0 Å². The van der Waals surface area contributed by atoms with E-state index >= 15 is 0 Å². The number of ketones is 1. The van der Waals surface area contributed by atoms with E-state index in [0.717, 1.165) is 6.07 Å². The summed E-state index contributed by atoms with van der Waals surface area (Å²) in [5.41, 5.74) is -0.395. The lowest BCUT2D eigenvalue weighted by Crippen LogP contribution is -2.25. The Hall–Kier alpha value is -1.98. The van der Waals surface area contributed by atoms with Gasteiger partial charge in [-0.3, -0.25) is 4.79 Å². The number of Topliss-reactive ketones (excluding diaryl/α,β-unsaturated/α-hetero) is 1. The molecule has 0 saturated carbocycles. The van der Waals surface area contributed by atoms with E-state index in [1.165, 1.54) is 23.1 Å². The second-order valence-corrected chi connectivity index (χ2v) is 3.43. The van der Waals surface area contributed by atoms with Gasteiger partial charge in [-0.05, 0) is 24.3 Å². The second kappa shape index (κ2) is 4.12. The SMILES string of the molecule is O=C(c1cccn1Cc1ccco1)C(F)(F)F. The van der Waals surface area contributed by atoms with Crippen molar-refractivity contribution in [2.24, 2.45) is 0 Å². The van der Waals surface area contributed by atoms with Crippen molar-refractivity contribution in [1.29, 1.82) is 0 Å². The number of carbonyl (C=O) groups excluding carboxylic acids is 1. The molecule has 17 heavy (non-hydrogen) atoms. The first-order chi connectivity index (χ1) is 7.98. The summed E-state index contributed by atoms with van der Waals surface area (Å²) in [6.07, 6.45) is -2.04. The van der Waals surface area contributed by atoms with Crippen molar-refractivity contribution in [1.82, 2.24) is 4.57 Å². The van der Waals surface area contributed by atoms with Gasteiger partial charge in [0.05, 0.1) is 18.5 Å². The summed E-state index contributed by atoms with van der Waals surface area (Å²) in [4.78, 5) is 11.1. The fraction of sp³-hybridized carbons (Fsp3) is 0.182. The van der Waals surface area contributed by atoms with E-state index in [1.54, 1.807) is 12.1 Å². The second-order valence-electron chi connectivity index (χ2n) is 3.43. The third kappa shape index (κ3) is 2.41. The summed E-state index contributed by atoms with van der Waals surface area (Å²) in [5, 5.41) is 0. The van der Waals surface area contributed by atoms with Gasteiger partial charge >= 0.3 is 6.18 Å². The third-order valence-electron chi connectivity index (χ3n) is 2.23. The Balaban J connectivity index is 2.26. The van der Waals surface area contributed by atoms with Crippen LogP contribution in [0.25, 0.3) is 0 Å². The quantitative estimate of drug-likeness (QED) is 0.777. The lowest BCUT2D eigenvalue weighted by Gasteiger charge is -2.08. The molecular formula is C11H8F3NO2. The van der Waals surface area contributed by atoms with Crippen molar-refractivity contribution in [3.63, 3.8) is 0 Å². The Bertz CT molecular complexity index is 511. The van der Waals surface area contributed by atoms with E-state index in [2.05, 4.69) is 0 Å². The molecule has 6 heteroatoms. The first kappa shape index (κ1) is 11.5. The van der Waals surface area contributed by atoms with Gasteiger partial charge in [0, 0.05) is 6.20 Å². The van der Waals surface area contributed by atoms with Crippen LogP contribution in [0.3, 0.4) is 0 Å². The Kier molecular flexibility index (Phi) is 2.79. The molecule has 0 aliphatic carbocycles. The number of aromatic nitrogens is 1. The van der Waals surface area contributed by atoms with Crippen molar-refractivity contribution in [3.05, 3.63) is 48.2 Å². The minimum Gasteiger partial charge on any atom is -0.467 e. The highest BCUT2D eigenvalue weighted by Gasteiger charge is 2.40. The average molecular weight is 243 g/mol. The Labute approximate surface area is 94.5 Å². The number of alkyl halides is 3. The fourth-order valence-electron chi connectivity index (χ4n) is 1.47. The predicted octanol–water partition coefficient (Wildman–Crippen LogP) is 2.87. The van der Waals surface area contributed by atoms with Crippen LogP contribution in [0.4, 0.5) is 13.2 Å². The molecule has 2 aromatic heterocycles. The van der Waals surface area contributed by atoms with Gasteiger partial charge in [0.1, 0.15) is 5.76 Å². The summed E-state index contributed by atoms with van der Waals surface area (Å²) >= 11 is 0. The molecule has 0 atom stereocenters. The molecule has 3 nitrogen and oxygen atoms in total. The standard InChI is InChI=1S/C11H8F3NO2/c12-11(13,14)10(16)9-4-1-5-15(9)7-8-3-2-6-17-8/h1-6H,7H2. The normalized spacial score (nSPS) is 11.7. The molecule has 2 aromatic rings. The highest BCUT2D eigenvalue weighted by Crippen LogP contribution is 2.22. The third-order valence-corrected chi connectivity index (χ3v) is 2.23. The summed E-state index contributed by atoms with van der Waals surface area (Å²) in [5.74, 6) is -1.37. The number of hydrogen-bond acceptors (Lipinski definition) is 2. The molecule has 0 amide bonds. The van der Waals surface area contributed by atoms with E-state index in [-0.39, 0.29) is 6.54 Å². The van der Waals surface area contributed by atoms with Crippen LogP contribution in [-0.2, 0) is 6.54 Å². The van der Waals surface area contributed by atoms with Crippen LogP contribution in [0.5, 0.6) is 0 Å². The fourth-order valence-corrected chi connectivity index (χ4v) is 1.47. The number of hydrogen-bond donors (Lipinski definition) is 0. The van der Waals surface area contributed by atoms with Gasteiger partial charge in [-0.25, -0.2) is 0 Å².